The van der Waals surface area contributed by atoms with Crippen LogP contribution < -0.4 is 19.9 Å². The Bertz CT molecular complexity index is 1420. The fourth-order valence-corrected chi connectivity index (χ4v) is 5.69. The fraction of sp³-hybridized carbons (Fsp3) is 0.517. The molecule has 1 fully saturated rings. The lowest BCUT2D eigenvalue weighted by Crippen LogP contribution is -2.59. The smallest absolute Gasteiger partial charge is 0.410 e. The molecule has 214 valence electrons. The van der Waals surface area contributed by atoms with Crippen molar-refractivity contribution in [2.24, 2.45) is 7.05 Å². The van der Waals surface area contributed by atoms with Gasteiger partial charge in [-0.1, -0.05) is 0 Å². The van der Waals surface area contributed by atoms with Crippen LogP contribution >= 0.6 is 0 Å². The molecule has 2 atom stereocenters. The summed E-state index contributed by atoms with van der Waals surface area (Å²) in [7, 11) is 1.86. The summed E-state index contributed by atoms with van der Waals surface area (Å²) < 4.78 is 13.2. The van der Waals surface area contributed by atoms with Crippen LogP contribution in [0.4, 0.5) is 26.8 Å². The third-order valence-electron chi connectivity index (χ3n) is 7.22. The molecule has 3 amide bonds. The summed E-state index contributed by atoms with van der Waals surface area (Å²) in [6.07, 6.45) is 4.07. The van der Waals surface area contributed by atoms with Crippen LogP contribution in [0.25, 0.3) is 10.9 Å². The summed E-state index contributed by atoms with van der Waals surface area (Å²) in [5, 5.41) is 8.41. The predicted octanol–water partition coefficient (Wildman–Crippen LogP) is 4.80. The second-order valence-electron chi connectivity index (χ2n) is 11.6. The predicted molar refractivity (Wildman–Crippen MR) is 155 cm³/mol. The lowest BCUT2D eigenvalue weighted by atomic mass is 10.1. The molecule has 0 unspecified atom stereocenters. The van der Waals surface area contributed by atoms with Gasteiger partial charge < -0.3 is 19.7 Å². The standard InChI is InChI=1S/C29H39N7O4/c1-8-39-25-14-22-20(17-33(7)32-22)13-23(25)31-27(37)35-12-10-21-24(9-11-30-26(21)35)34-15-18(2)36(19(3)16-34)28(38)40-29(4,5)6/h9,11,13-14,17-19H,8,10,12,15-16H2,1-7H3,(H,31,37)/t18-,19+. The minimum atomic E-state index is -0.545. The van der Waals surface area contributed by atoms with Crippen molar-refractivity contribution in [2.45, 2.75) is 65.6 Å². The van der Waals surface area contributed by atoms with Gasteiger partial charge >= 0.3 is 12.1 Å². The van der Waals surface area contributed by atoms with Crippen LogP contribution in [0.5, 0.6) is 5.75 Å². The number of nitrogens with one attached hydrogen (secondary N) is 1. The van der Waals surface area contributed by atoms with E-state index in [1.807, 2.05) is 77.9 Å². The molecule has 2 aliphatic heterocycles. The van der Waals surface area contributed by atoms with Crippen LogP contribution in [0.15, 0.2) is 30.6 Å². The van der Waals surface area contributed by atoms with Crippen molar-refractivity contribution >= 4 is 40.2 Å². The second kappa shape index (κ2) is 10.5. The number of nitrogens with zero attached hydrogens (tertiary/aromatic N) is 6. The Hall–Kier alpha value is -4.02. The number of aromatic nitrogens is 3. The molecule has 0 bridgehead atoms. The summed E-state index contributed by atoms with van der Waals surface area (Å²) in [5.74, 6) is 1.24. The topological polar surface area (TPSA) is 105 Å². The highest BCUT2D eigenvalue weighted by Gasteiger charge is 2.38. The van der Waals surface area contributed by atoms with Gasteiger partial charge in [-0.15, -0.1) is 0 Å². The van der Waals surface area contributed by atoms with E-state index in [1.54, 1.807) is 15.8 Å². The Morgan fingerprint density at radius 1 is 1.15 bits per heavy atom. The number of ether oxygens (including phenoxy) is 2. The number of urea groups is 1. The largest absolute Gasteiger partial charge is 0.492 e. The molecule has 2 aliphatic rings. The van der Waals surface area contributed by atoms with Crippen LogP contribution in [0.3, 0.4) is 0 Å². The van der Waals surface area contributed by atoms with Crippen LogP contribution in [0.1, 0.15) is 47.1 Å². The fourth-order valence-electron chi connectivity index (χ4n) is 5.69. The molecule has 2 aromatic heterocycles. The average molecular weight is 550 g/mol. The van der Waals surface area contributed by atoms with Gasteiger partial charge in [0.15, 0.2) is 0 Å². The van der Waals surface area contributed by atoms with E-state index in [0.29, 0.717) is 49.9 Å². The van der Waals surface area contributed by atoms with Crippen LogP contribution in [-0.2, 0) is 18.2 Å². The molecular weight excluding hydrogens is 510 g/mol. The monoisotopic (exact) mass is 549 g/mol. The molecule has 40 heavy (non-hydrogen) atoms. The number of aryl methyl sites for hydroxylation is 1. The molecule has 11 heteroatoms. The summed E-state index contributed by atoms with van der Waals surface area (Å²) >= 11 is 0. The molecule has 5 rings (SSSR count). The molecule has 0 saturated carbocycles. The number of pyridine rings is 1. The minimum absolute atomic E-state index is 0.0393. The Morgan fingerprint density at radius 2 is 1.88 bits per heavy atom. The Kier molecular flexibility index (Phi) is 7.24. The normalized spacial score (nSPS) is 19.1. The quantitative estimate of drug-likeness (QED) is 0.499. The SMILES string of the molecule is CCOc1cc2nn(C)cc2cc1NC(=O)N1CCc2c(N3C[C@@H](C)N(C(=O)OC(C)(C)C)[C@@H](C)C3)ccnc21. The number of anilines is 3. The summed E-state index contributed by atoms with van der Waals surface area (Å²) in [5.41, 5.74) is 2.94. The second-order valence-corrected chi connectivity index (χ2v) is 11.6. The number of hydrogen-bond donors (Lipinski definition) is 1. The molecular formula is C29H39N7O4. The molecule has 1 N–H and O–H groups in total. The number of benzene rings is 1. The Labute approximate surface area is 235 Å². The molecule has 1 aromatic carbocycles. The van der Waals surface area contributed by atoms with Crippen LogP contribution in [0, 0.1) is 0 Å². The number of amides is 3. The maximum absolute atomic E-state index is 13.5. The van der Waals surface area contributed by atoms with Gasteiger partial charge in [-0.3, -0.25) is 14.5 Å². The van der Waals surface area contributed by atoms with Gasteiger partial charge in [-0.2, -0.15) is 5.10 Å². The first-order valence-corrected chi connectivity index (χ1v) is 13.9. The third kappa shape index (κ3) is 5.37. The van der Waals surface area contributed by atoms with E-state index in [1.165, 1.54) is 0 Å². The maximum atomic E-state index is 13.5. The van der Waals surface area contributed by atoms with Crippen LogP contribution in [-0.4, -0.2) is 75.7 Å². The highest BCUT2D eigenvalue weighted by molar-refractivity contribution is 6.05. The lowest BCUT2D eigenvalue weighted by Gasteiger charge is -2.45. The van der Waals surface area contributed by atoms with Gasteiger partial charge in [0.2, 0.25) is 0 Å². The molecule has 1 saturated heterocycles. The van der Waals surface area contributed by atoms with E-state index in [9.17, 15) is 9.59 Å². The van der Waals surface area contributed by atoms with Gasteiger partial charge in [-0.05, 0) is 60.1 Å². The minimum Gasteiger partial charge on any atom is -0.492 e. The van der Waals surface area contributed by atoms with Crippen molar-refractivity contribution in [1.82, 2.24) is 19.7 Å². The highest BCUT2D eigenvalue weighted by atomic mass is 16.6. The number of carbonyl (C=O) groups excluding carboxylic acids is 2. The summed E-state index contributed by atoms with van der Waals surface area (Å²) in [6, 6.07) is 5.40. The Balaban J connectivity index is 1.35. The van der Waals surface area contributed by atoms with E-state index in [-0.39, 0.29) is 24.2 Å². The van der Waals surface area contributed by atoms with E-state index >= 15 is 0 Å². The highest BCUT2D eigenvalue weighted by Crippen LogP contribution is 2.37. The number of carbonyl (C=O) groups is 2. The van der Waals surface area contributed by atoms with Crippen molar-refractivity contribution in [3.8, 4) is 5.75 Å². The van der Waals surface area contributed by atoms with E-state index in [4.69, 9.17) is 9.47 Å². The van der Waals surface area contributed by atoms with Crippen molar-refractivity contribution < 1.29 is 19.1 Å². The molecule has 3 aromatic rings. The van der Waals surface area contributed by atoms with E-state index in [2.05, 4.69) is 20.3 Å². The molecule has 0 aliphatic carbocycles. The first-order chi connectivity index (χ1) is 18.9. The zero-order chi connectivity index (χ0) is 28.8. The van der Waals surface area contributed by atoms with Crippen molar-refractivity contribution in [2.75, 3.05) is 41.4 Å². The molecule has 4 heterocycles. The molecule has 0 radical (unpaired) electrons. The number of hydrogen-bond acceptors (Lipinski definition) is 7. The Morgan fingerprint density at radius 3 is 2.55 bits per heavy atom. The van der Waals surface area contributed by atoms with E-state index in [0.717, 1.165) is 22.2 Å². The molecule has 0 spiro atoms. The average Bonchev–Trinajstić information content (AvgIpc) is 3.45. The summed E-state index contributed by atoms with van der Waals surface area (Å²) in [6.45, 7) is 14.0. The van der Waals surface area contributed by atoms with Gasteiger partial charge in [-0.25, -0.2) is 14.6 Å². The zero-order valence-electron chi connectivity index (χ0n) is 24.4. The zero-order valence-corrected chi connectivity index (χ0v) is 24.4. The lowest BCUT2D eigenvalue weighted by molar-refractivity contribution is 0.00565. The number of fused-ring (bicyclic) bond motifs is 2. The first-order valence-electron chi connectivity index (χ1n) is 13.9. The maximum Gasteiger partial charge on any atom is 0.410 e. The summed E-state index contributed by atoms with van der Waals surface area (Å²) in [4.78, 5) is 36.8. The van der Waals surface area contributed by atoms with Gasteiger partial charge in [0.05, 0.1) is 29.9 Å². The van der Waals surface area contributed by atoms with Gasteiger partial charge in [0.1, 0.15) is 17.2 Å². The number of rotatable bonds is 4. The molecule has 11 nitrogen and oxygen atoms in total. The van der Waals surface area contributed by atoms with Gasteiger partial charge in [0.25, 0.3) is 0 Å². The van der Waals surface area contributed by atoms with Crippen molar-refractivity contribution in [3.63, 3.8) is 0 Å². The van der Waals surface area contributed by atoms with Crippen LogP contribution in [0.2, 0.25) is 0 Å². The van der Waals surface area contributed by atoms with Crippen molar-refractivity contribution in [3.05, 3.63) is 36.2 Å². The third-order valence-corrected chi connectivity index (χ3v) is 7.22. The van der Waals surface area contributed by atoms with Crippen molar-refractivity contribution in [1.29, 1.82) is 0 Å². The van der Waals surface area contributed by atoms with Gasteiger partial charge in [0, 0.05) is 61.8 Å². The van der Waals surface area contributed by atoms with E-state index < -0.39 is 5.60 Å². The first kappa shape index (κ1) is 27.5. The number of piperazine rings is 1.